The van der Waals surface area contributed by atoms with Gasteiger partial charge in [0, 0.05) is 11.8 Å². The van der Waals surface area contributed by atoms with Crippen molar-refractivity contribution in [3.05, 3.63) is 53.6 Å². The van der Waals surface area contributed by atoms with E-state index < -0.39 is 9.84 Å². The molecule has 1 N–H and O–H groups in total. The molecular weight excluding hydrogens is 366 g/mol. The van der Waals surface area contributed by atoms with Crippen molar-refractivity contribution in [1.29, 1.82) is 0 Å². The molecular formula is C20H25NO5S. The molecule has 7 heteroatoms. The Labute approximate surface area is 160 Å². The Morgan fingerprint density at radius 3 is 2.33 bits per heavy atom. The van der Waals surface area contributed by atoms with E-state index in [4.69, 9.17) is 9.47 Å². The van der Waals surface area contributed by atoms with Gasteiger partial charge in [-0.15, -0.1) is 0 Å². The van der Waals surface area contributed by atoms with Crippen LogP contribution in [0.15, 0.2) is 47.4 Å². The van der Waals surface area contributed by atoms with Gasteiger partial charge in [-0.2, -0.15) is 0 Å². The maximum atomic E-state index is 12.5. The molecule has 27 heavy (non-hydrogen) atoms. The lowest BCUT2D eigenvalue weighted by atomic mass is 10.1. The Hall–Kier alpha value is -2.54. The van der Waals surface area contributed by atoms with E-state index in [1.54, 1.807) is 12.1 Å². The van der Waals surface area contributed by atoms with Gasteiger partial charge in [0.2, 0.25) is 0 Å². The van der Waals surface area contributed by atoms with Gasteiger partial charge in [-0.25, -0.2) is 8.42 Å². The summed E-state index contributed by atoms with van der Waals surface area (Å²) in [4.78, 5) is 12.6. The first kappa shape index (κ1) is 20.8. The number of nitrogens with one attached hydrogen (secondary N) is 1. The lowest BCUT2D eigenvalue weighted by Crippen LogP contribution is -2.26. The average molecular weight is 391 g/mol. The molecule has 0 spiro atoms. The Kier molecular flexibility index (Phi) is 6.85. The van der Waals surface area contributed by atoms with E-state index in [1.165, 1.54) is 12.1 Å². The Morgan fingerprint density at radius 2 is 1.70 bits per heavy atom. The van der Waals surface area contributed by atoms with Gasteiger partial charge < -0.3 is 14.8 Å². The van der Waals surface area contributed by atoms with Crippen LogP contribution in [0.3, 0.4) is 0 Å². The van der Waals surface area contributed by atoms with E-state index in [0.29, 0.717) is 30.3 Å². The summed E-state index contributed by atoms with van der Waals surface area (Å²) in [5.41, 5.74) is 1.15. The number of hydrogen-bond acceptors (Lipinski definition) is 5. The number of sulfone groups is 1. The van der Waals surface area contributed by atoms with Crippen LogP contribution >= 0.6 is 0 Å². The first-order valence-electron chi connectivity index (χ1n) is 8.76. The van der Waals surface area contributed by atoms with Crippen molar-refractivity contribution in [3.63, 3.8) is 0 Å². The number of amides is 1. The fourth-order valence-corrected chi connectivity index (χ4v) is 3.24. The van der Waals surface area contributed by atoms with E-state index in [-0.39, 0.29) is 16.8 Å². The monoisotopic (exact) mass is 391 g/mol. The molecule has 146 valence electrons. The van der Waals surface area contributed by atoms with Gasteiger partial charge in [0.15, 0.2) is 21.3 Å². The highest BCUT2D eigenvalue weighted by molar-refractivity contribution is 7.90. The third kappa shape index (κ3) is 5.47. The molecule has 2 aromatic carbocycles. The fraction of sp³-hybridized carbons (Fsp3) is 0.350. The van der Waals surface area contributed by atoms with Crippen LogP contribution in [0.2, 0.25) is 0 Å². The van der Waals surface area contributed by atoms with Crippen LogP contribution in [0.4, 0.5) is 0 Å². The molecule has 0 radical (unpaired) electrons. The molecule has 0 unspecified atom stereocenters. The summed E-state index contributed by atoms with van der Waals surface area (Å²) in [7, 11) is -3.37. The van der Waals surface area contributed by atoms with Crippen molar-refractivity contribution in [3.8, 4) is 11.5 Å². The van der Waals surface area contributed by atoms with Crippen LogP contribution < -0.4 is 14.8 Å². The van der Waals surface area contributed by atoms with Crippen LogP contribution in [0.1, 0.15) is 42.7 Å². The van der Waals surface area contributed by atoms with Crippen molar-refractivity contribution in [2.24, 2.45) is 0 Å². The number of hydrogen-bond donors (Lipinski definition) is 1. The molecule has 1 amide bonds. The highest BCUT2D eigenvalue weighted by Gasteiger charge is 2.16. The minimum Gasteiger partial charge on any atom is -0.490 e. The van der Waals surface area contributed by atoms with Gasteiger partial charge >= 0.3 is 0 Å². The van der Waals surface area contributed by atoms with Gasteiger partial charge in [0.05, 0.1) is 24.2 Å². The molecule has 0 fully saturated rings. The largest absolute Gasteiger partial charge is 0.490 e. The zero-order valence-electron chi connectivity index (χ0n) is 16.0. The lowest BCUT2D eigenvalue weighted by molar-refractivity contribution is 0.0939. The van der Waals surface area contributed by atoms with E-state index in [2.05, 4.69) is 5.32 Å². The molecule has 2 aromatic rings. The second kappa shape index (κ2) is 8.90. The molecule has 2 rings (SSSR count). The van der Waals surface area contributed by atoms with E-state index >= 15 is 0 Å². The molecule has 0 aromatic heterocycles. The molecule has 0 saturated heterocycles. The molecule has 1 atom stereocenters. The lowest BCUT2D eigenvalue weighted by Gasteiger charge is -2.17. The highest BCUT2D eigenvalue weighted by Crippen LogP contribution is 2.30. The Morgan fingerprint density at radius 1 is 1.04 bits per heavy atom. The number of carbonyl (C=O) groups excluding carboxylic acids is 1. The highest BCUT2D eigenvalue weighted by atomic mass is 32.2. The summed E-state index contributed by atoms with van der Waals surface area (Å²) in [6.45, 7) is 6.67. The quantitative estimate of drug-likeness (QED) is 0.746. The molecule has 0 aliphatic heterocycles. The first-order chi connectivity index (χ1) is 12.8. The third-order valence-corrected chi connectivity index (χ3v) is 5.05. The number of carbonyl (C=O) groups is 1. The molecule has 6 nitrogen and oxygen atoms in total. The molecule has 0 saturated carbocycles. The SMILES string of the molecule is CCOc1ccc([C@H](C)NC(=O)c2cccc(S(C)(=O)=O)c2)cc1OCC. The van der Waals surface area contributed by atoms with E-state index in [1.807, 2.05) is 39.0 Å². The molecule has 0 aliphatic carbocycles. The van der Waals surface area contributed by atoms with Gasteiger partial charge in [-0.1, -0.05) is 12.1 Å². The molecule has 0 aliphatic rings. The van der Waals surface area contributed by atoms with Gasteiger partial charge in [0.25, 0.3) is 5.91 Å². The topological polar surface area (TPSA) is 81.7 Å². The zero-order chi connectivity index (χ0) is 20.0. The predicted molar refractivity (Wildman–Crippen MR) is 104 cm³/mol. The Bertz CT molecular complexity index is 908. The number of ether oxygens (including phenoxy) is 2. The molecule has 0 heterocycles. The smallest absolute Gasteiger partial charge is 0.251 e. The zero-order valence-corrected chi connectivity index (χ0v) is 16.8. The van der Waals surface area contributed by atoms with Crippen molar-refractivity contribution in [2.75, 3.05) is 19.5 Å². The van der Waals surface area contributed by atoms with Crippen molar-refractivity contribution in [2.45, 2.75) is 31.7 Å². The summed E-state index contributed by atoms with van der Waals surface area (Å²) >= 11 is 0. The van der Waals surface area contributed by atoms with Gasteiger partial charge in [0.1, 0.15) is 0 Å². The third-order valence-electron chi connectivity index (χ3n) is 3.94. The number of benzene rings is 2. The normalized spacial score (nSPS) is 12.3. The Balaban J connectivity index is 2.20. The molecule has 0 bridgehead atoms. The van der Waals surface area contributed by atoms with Crippen molar-refractivity contribution >= 4 is 15.7 Å². The van der Waals surface area contributed by atoms with E-state index in [9.17, 15) is 13.2 Å². The summed E-state index contributed by atoms with van der Waals surface area (Å²) < 4.78 is 34.5. The van der Waals surface area contributed by atoms with Crippen molar-refractivity contribution < 1.29 is 22.7 Å². The second-order valence-electron chi connectivity index (χ2n) is 6.07. The van der Waals surface area contributed by atoms with Crippen LogP contribution in [-0.2, 0) is 9.84 Å². The summed E-state index contributed by atoms with van der Waals surface area (Å²) in [5, 5.41) is 2.88. The maximum Gasteiger partial charge on any atom is 0.251 e. The second-order valence-corrected chi connectivity index (χ2v) is 8.08. The van der Waals surface area contributed by atoms with Gasteiger partial charge in [-0.3, -0.25) is 4.79 Å². The standard InChI is InChI=1S/C20H25NO5S/c1-5-25-18-11-10-15(13-19(18)26-6-2)14(3)21-20(22)16-8-7-9-17(12-16)27(4,23)24/h7-14H,5-6H2,1-4H3,(H,21,22)/t14-/m0/s1. The predicted octanol–water partition coefficient (Wildman–Crippen LogP) is 3.38. The van der Waals surface area contributed by atoms with E-state index in [0.717, 1.165) is 11.8 Å². The number of rotatable bonds is 8. The maximum absolute atomic E-state index is 12.5. The minimum atomic E-state index is -3.37. The first-order valence-corrected chi connectivity index (χ1v) is 10.7. The van der Waals surface area contributed by atoms with Gasteiger partial charge in [-0.05, 0) is 56.7 Å². The fourth-order valence-electron chi connectivity index (χ4n) is 2.57. The summed E-state index contributed by atoms with van der Waals surface area (Å²) in [6, 6.07) is 11.2. The minimum absolute atomic E-state index is 0.113. The van der Waals surface area contributed by atoms with Crippen LogP contribution in [-0.4, -0.2) is 33.8 Å². The average Bonchev–Trinajstić information content (AvgIpc) is 2.63. The van der Waals surface area contributed by atoms with Crippen molar-refractivity contribution in [1.82, 2.24) is 5.32 Å². The van der Waals surface area contributed by atoms with Crippen LogP contribution in [0.25, 0.3) is 0 Å². The van der Waals surface area contributed by atoms with Crippen LogP contribution in [0.5, 0.6) is 11.5 Å². The van der Waals surface area contributed by atoms with Crippen LogP contribution in [0, 0.1) is 0 Å². The summed E-state index contributed by atoms with van der Waals surface area (Å²) in [5.74, 6) is 0.930. The summed E-state index contributed by atoms with van der Waals surface area (Å²) in [6.07, 6.45) is 1.11.